The molecular weight excluding hydrogens is 449 g/mol. The Labute approximate surface area is 181 Å². The number of likely N-dealkylation sites (tertiary alicyclic amines) is 1. The fourth-order valence-electron chi connectivity index (χ4n) is 3.72. The van der Waals surface area contributed by atoms with Crippen LogP contribution in [0.15, 0.2) is 41.4 Å². The molecule has 5 nitrogen and oxygen atoms in total. The lowest BCUT2D eigenvalue weighted by Gasteiger charge is -2.22. The largest absolute Gasteiger partial charge is 0.364 e. The van der Waals surface area contributed by atoms with Gasteiger partial charge in [-0.2, -0.15) is 0 Å². The summed E-state index contributed by atoms with van der Waals surface area (Å²) in [6.07, 6.45) is 4.44. The normalized spacial score (nSPS) is 23.0. The number of halogens is 1. The first kappa shape index (κ1) is 22.0. The third kappa shape index (κ3) is 5.85. The van der Waals surface area contributed by atoms with Gasteiger partial charge in [-0.05, 0) is 37.5 Å². The van der Waals surface area contributed by atoms with Crippen molar-refractivity contribution in [3.8, 4) is 0 Å². The molecule has 0 amide bonds. The van der Waals surface area contributed by atoms with E-state index in [0.717, 1.165) is 38.7 Å². The van der Waals surface area contributed by atoms with Crippen molar-refractivity contribution in [1.82, 2.24) is 15.5 Å². The van der Waals surface area contributed by atoms with Crippen LogP contribution in [0.5, 0.6) is 0 Å². The fourth-order valence-corrected chi connectivity index (χ4v) is 3.72. The van der Waals surface area contributed by atoms with Gasteiger partial charge >= 0.3 is 0 Å². The average molecular weight is 483 g/mol. The summed E-state index contributed by atoms with van der Waals surface area (Å²) in [5.74, 6) is 1.52. The monoisotopic (exact) mass is 483 g/mol. The Bertz CT molecular complexity index is 650. The molecule has 0 radical (unpaired) electrons. The highest BCUT2D eigenvalue weighted by molar-refractivity contribution is 14.0. The Morgan fingerprint density at radius 2 is 1.96 bits per heavy atom. The van der Waals surface area contributed by atoms with Crippen molar-refractivity contribution in [2.75, 3.05) is 38.1 Å². The highest BCUT2D eigenvalue weighted by atomic mass is 127. The highest BCUT2D eigenvalue weighted by Gasteiger charge is 2.31. The lowest BCUT2D eigenvalue weighted by molar-refractivity contribution is 0.265. The van der Waals surface area contributed by atoms with Crippen LogP contribution in [-0.2, 0) is 6.54 Å². The minimum atomic E-state index is 0. The molecule has 2 atom stereocenters. The van der Waals surface area contributed by atoms with Gasteiger partial charge < -0.3 is 15.5 Å². The van der Waals surface area contributed by atoms with Crippen LogP contribution in [0.4, 0.5) is 5.69 Å². The zero-order chi connectivity index (χ0) is 18.5. The zero-order valence-electron chi connectivity index (χ0n) is 17.0. The molecule has 27 heavy (non-hydrogen) atoms. The van der Waals surface area contributed by atoms with Crippen molar-refractivity contribution < 1.29 is 0 Å². The van der Waals surface area contributed by atoms with E-state index in [2.05, 4.69) is 82.6 Å². The Morgan fingerprint density at radius 3 is 2.59 bits per heavy atom. The number of benzene rings is 1. The van der Waals surface area contributed by atoms with Gasteiger partial charge in [0.2, 0.25) is 0 Å². The first-order valence-electron chi connectivity index (χ1n) is 9.77. The lowest BCUT2D eigenvalue weighted by Crippen LogP contribution is -2.46. The van der Waals surface area contributed by atoms with Crippen molar-refractivity contribution in [3.63, 3.8) is 0 Å². The van der Waals surface area contributed by atoms with Crippen LogP contribution >= 0.6 is 24.0 Å². The van der Waals surface area contributed by atoms with Crippen molar-refractivity contribution >= 4 is 35.6 Å². The number of rotatable bonds is 5. The molecule has 6 heteroatoms. The third-order valence-corrected chi connectivity index (χ3v) is 5.47. The predicted molar refractivity (Wildman–Crippen MR) is 126 cm³/mol. The van der Waals surface area contributed by atoms with Crippen LogP contribution in [0.1, 0.15) is 26.3 Å². The maximum atomic E-state index is 4.43. The standard InChI is InChI=1S/C21H33N5.HI/c1-16(2)26-14-17(3)20(15-26)24-21(22-4)23-13-18-8-7-9-19(12-18)25-10-5-6-11-25;/h5-9,12,16-17,20H,10-11,13-15H2,1-4H3,(H2,22,23,24);1H. The second-order valence-electron chi connectivity index (χ2n) is 7.75. The van der Waals surface area contributed by atoms with E-state index < -0.39 is 0 Å². The molecule has 0 bridgehead atoms. The number of guanidine groups is 1. The zero-order valence-corrected chi connectivity index (χ0v) is 19.3. The van der Waals surface area contributed by atoms with Crippen LogP contribution in [0.25, 0.3) is 0 Å². The van der Waals surface area contributed by atoms with Gasteiger partial charge in [-0.3, -0.25) is 9.89 Å². The molecule has 1 saturated heterocycles. The predicted octanol–water partition coefficient (Wildman–Crippen LogP) is 3.07. The van der Waals surface area contributed by atoms with Crippen LogP contribution in [0, 0.1) is 5.92 Å². The van der Waals surface area contributed by atoms with Crippen molar-refractivity contribution in [2.24, 2.45) is 10.9 Å². The van der Waals surface area contributed by atoms with Crippen LogP contribution in [-0.4, -0.2) is 56.2 Å². The molecule has 0 aromatic heterocycles. The van der Waals surface area contributed by atoms with Crippen molar-refractivity contribution in [3.05, 3.63) is 42.0 Å². The molecule has 3 rings (SSSR count). The van der Waals surface area contributed by atoms with Gasteiger partial charge in [0.15, 0.2) is 5.96 Å². The number of hydrogen-bond acceptors (Lipinski definition) is 3. The number of hydrogen-bond donors (Lipinski definition) is 2. The van der Waals surface area contributed by atoms with E-state index in [1.165, 1.54) is 11.3 Å². The molecular formula is C21H34IN5. The molecule has 2 aliphatic heterocycles. The molecule has 2 aliphatic rings. The summed E-state index contributed by atoms with van der Waals surface area (Å²) in [6.45, 7) is 11.9. The Morgan fingerprint density at radius 1 is 1.22 bits per heavy atom. The third-order valence-electron chi connectivity index (χ3n) is 5.47. The van der Waals surface area contributed by atoms with Gasteiger partial charge in [0.05, 0.1) is 0 Å². The Kier molecular flexibility index (Phi) is 8.41. The molecule has 1 aromatic rings. The van der Waals surface area contributed by atoms with E-state index in [0.29, 0.717) is 18.0 Å². The SMILES string of the molecule is CN=C(NCc1cccc(N2CC=CC2)c1)NC1CN(C(C)C)CC1C.I. The number of nitrogens with one attached hydrogen (secondary N) is 2. The van der Waals surface area contributed by atoms with Crippen LogP contribution in [0.3, 0.4) is 0 Å². The van der Waals surface area contributed by atoms with E-state index in [1.807, 2.05) is 7.05 Å². The molecule has 0 spiro atoms. The molecule has 0 aliphatic carbocycles. The van der Waals surface area contributed by atoms with Gasteiger partial charge in [-0.25, -0.2) is 0 Å². The van der Waals surface area contributed by atoms with E-state index in [9.17, 15) is 0 Å². The quantitative estimate of drug-likeness (QED) is 0.293. The number of aliphatic imine (C=N–C) groups is 1. The van der Waals surface area contributed by atoms with E-state index in [1.54, 1.807) is 0 Å². The summed E-state index contributed by atoms with van der Waals surface area (Å²) < 4.78 is 0. The minimum Gasteiger partial charge on any atom is -0.364 e. The Balaban J connectivity index is 0.00000261. The van der Waals surface area contributed by atoms with Crippen molar-refractivity contribution in [2.45, 2.75) is 39.4 Å². The molecule has 2 unspecified atom stereocenters. The van der Waals surface area contributed by atoms with Crippen LogP contribution in [0.2, 0.25) is 0 Å². The summed E-state index contributed by atoms with van der Waals surface area (Å²) in [5, 5.41) is 7.10. The summed E-state index contributed by atoms with van der Waals surface area (Å²) in [6, 6.07) is 9.82. The van der Waals surface area contributed by atoms with Gasteiger partial charge in [0, 0.05) is 57.5 Å². The van der Waals surface area contributed by atoms with E-state index >= 15 is 0 Å². The summed E-state index contributed by atoms with van der Waals surface area (Å²) >= 11 is 0. The second-order valence-corrected chi connectivity index (χ2v) is 7.75. The van der Waals surface area contributed by atoms with E-state index in [-0.39, 0.29) is 24.0 Å². The number of nitrogens with zero attached hydrogens (tertiary/aromatic N) is 3. The summed E-state index contributed by atoms with van der Waals surface area (Å²) in [7, 11) is 1.85. The van der Waals surface area contributed by atoms with E-state index in [4.69, 9.17) is 0 Å². The van der Waals surface area contributed by atoms with Gasteiger partial charge in [-0.1, -0.05) is 31.2 Å². The van der Waals surface area contributed by atoms with Gasteiger partial charge in [0.25, 0.3) is 0 Å². The van der Waals surface area contributed by atoms with Crippen LogP contribution < -0.4 is 15.5 Å². The highest BCUT2D eigenvalue weighted by Crippen LogP contribution is 2.19. The topological polar surface area (TPSA) is 42.9 Å². The minimum absolute atomic E-state index is 0. The molecule has 1 aromatic carbocycles. The summed E-state index contributed by atoms with van der Waals surface area (Å²) in [4.78, 5) is 9.33. The molecule has 0 saturated carbocycles. The maximum Gasteiger partial charge on any atom is 0.191 e. The first-order valence-corrected chi connectivity index (χ1v) is 9.77. The fraction of sp³-hybridized carbons (Fsp3) is 0.571. The maximum absolute atomic E-state index is 4.43. The average Bonchev–Trinajstić information content (AvgIpc) is 3.29. The smallest absolute Gasteiger partial charge is 0.191 e. The molecule has 2 N–H and O–H groups in total. The number of anilines is 1. The van der Waals surface area contributed by atoms with Crippen molar-refractivity contribution in [1.29, 1.82) is 0 Å². The lowest BCUT2D eigenvalue weighted by atomic mass is 10.1. The second kappa shape index (κ2) is 10.3. The molecule has 150 valence electrons. The molecule has 2 heterocycles. The Hall–Kier alpha value is -1.28. The summed E-state index contributed by atoms with van der Waals surface area (Å²) in [5.41, 5.74) is 2.56. The molecule has 1 fully saturated rings. The first-order chi connectivity index (χ1) is 12.6. The van der Waals surface area contributed by atoms with Gasteiger partial charge in [0.1, 0.15) is 0 Å². The van der Waals surface area contributed by atoms with Gasteiger partial charge in [-0.15, -0.1) is 24.0 Å².